The van der Waals surface area contributed by atoms with Crippen LogP contribution in [0.15, 0.2) is 58.9 Å². The number of hydrogen-bond acceptors (Lipinski definition) is 6. The molecule has 0 aliphatic heterocycles. The molecule has 0 radical (unpaired) electrons. The smallest absolute Gasteiger partial charge is 0.263 e. The van der Waals surface area contributed by atoms with Crippen LogP contribution >= 0.6 is 11.3 Å². The van der Waals surface area contributed by atoms with Crippen LogP contribution in [0.2, 0.25) is 0 Å². The van der Waals surface area contributed by atoms with E-state index in [4.69, 9.17) is 4.74 Å². The number of nitrogens with zero attached hydrogens (tertiary/aromatic N) is 2. The largest absolute Gasteiger partial charge is 0.494 e. The SMILES string of the molecule is CCOc1ccc(S(=O)(=O)Nc2nc(-c3ccccn3)cs2)cc1. The van der Waals surface area contributed by atoms with Crippen molar-refractivity contribution in [3.05, 3.63) is 54.0 Å². The summed E-state index contributed by atoms with van der Waals surface area (Å²) in [4.78, 5) is 8.63. The molecule has 2 heterocycles. The number of sulfonamides is 1. The minimum absolute atomic E-state index is 0.153. The lowest BCUT2D eigenvalue weighted by molar-refractivity contribution is 0.340. The van der Waals surface area contributed by atoms with Crippen LogP contribution in [0.1, 0.15) is 6.92 Å². The predicted octanol–water partition coefficient (Wildman–Crippen LogP) is 3.40. The van der Waals surface area contributed by atoms with Crippen LogP contribution in [0.25, 0.3) is 11.4 Å². The Kier molecular flexibility index (Phi) is 4.77. The molecule has 1 N–H and O–H groups in total. The maximum atomic E-state index is 12.4. The highest BCUT2D eigenvalue weighted by molar-refractivity contribution is 7.93. The molecule has 0 saturated carbocycles. The van der Waals surface area contributed by atoms with Crippen molar-refractivity contribution in [2.24, 2.45) is 0 Å². The zero-order chi connectivity index (χ0) is 17.0. The van der Waals surface area contributed by atoms with E-state index >= 15 is 0 Å². The van der Waals surface area contributed by atoms with Gasteiger partial charge in [-0.3, -0.25) is 9.71 Å². The number of benzene rings is 1. The molecule has 0 bridgehead atoms. The van der Waals surface area contributed by atoms with Crippen molar-refractivity contribution >= 4 is 26.5 Å². The third-order valence-electron chi connectivity index (χ3n) is 3.10. The van der Waals surface area contributed by atoms with Gasteiger partial charge in [-0.2, -0.15) is 0 Å². The van der Waals surface area contributed by atoms with E-state index in [1.165, 1.54) is 23.5 Å². The Morgan fingerprint density at radius 2 is 1.92 bits per heavy atom. The van der Waals surface area contributed by atoms with Crippen molar-refractivity contribution < 1.29 is 13.2 Å². The summed E-state index contributed by atoms with van der Waals surface area (Å²) in [6.07, 6.45) is 1.67. The normalized spacial score (nSPS) is 11.2. The summed E-state index contributed by atoms with van der Waals surface area (Å²) in [5, 5.41) is 2.06. The molecular formula is C16H15N3O3S2. The van der Waals surface area contributed by atoms with Crippen molar-refractivity contribution in [2.75, 3.05) is 11.3 Å². The van der Waals surface area contributed by atoms with Gasteiger partial charge in [0.1, 0.15) is 11.4 Å². The first-order valence-corrected chi connectivity index (χ1v) is 9.57. The fourth-order valence-corrected chi connectivity index (χ4v) is 3.97. The first-order valence-electron chi connectivity index (χ1n) is 7.21. The monoisotopic (exact) mass is 361 g/mol. The molecule has 3 rings (SSSR count). The number of ether oxygens (including phenoxy) is 1. The number of anilines is 1. The third-order valence-corrected chi connectivity index (χ3v) is 5.34. The van der Waals surface area contributed by atoms with E-state index in [0.29, 0.717) is 28.9 Å². The number of pyridine rings is 1. The number of thiazole rings is 1. The van der Waals surface area contributed by atoms with E-state index in [1.54, 1.807) is 23.7 Å². The molecular weight excluding hydrogens is 346 g/mol. The first kappa shape index (κ1) is 16.4. The molecule has 124 valence electrons. The standard InChI is InChI=1S/C16H15N3O3S2/c1-2-22-12-6-8-13(9-7-12)24(20,21)19-16-18-15(11-23-16)14-5-3-4-10-17-14/h3-11H,2H2,1H3,(H,18,19). The van der Waals surface area contributed by atoms with Gasteiger partial charge in [0.05, 0.1) is 17.2 Å². The molecule has 0 unspecified atom stereocenters. The lowest BCUT2D eigenvalue weighted by Gasteiger charge is -2.07. The van der Waals surface area contributed by atoms with Gasteiger partial charge in [-0.25, -0.2) is 13.4 Å². The molecule has 0 aliphatic rings. The van der Waals surface area contributed by atoms with Gasteiger partial charge < -0.3 is 4.74 Å². The fourth-order valence-electron chi connectivity index (χ4n) is 2.01. The van der Waals surface area contributed by atoms with Crippen LogP contribution in [0, 0.1) is 0 Å². The second-order valence-electron chi connectivity index (χ2n) is 4.76. The van der Waals surface area contributed by atoms with Crippen molar-refractivity contribution in [3.8, 4) is 17.1 Å². The molecule has 0 atom stereocenters. The minimum Gasteiger partial charge on any atom is -0.494 e. The molecule has 3 aromatic rings. The van der Waals surface area contributed by atoms with Gasteiger partial charge >= 0.3 is 0 Å². The van der Waals surface area contributed by atoms with E-state index < -0.39 is 10.0 Å². The van der Waals surface area contributed by atoms with Crippen LogP contribution in [0.5, 0.6) is 5.75 Å². The summed E-state index contributed by atoms with van der Waals surface area (Å²) in [6.45, 7) is 2.40. The van der Waals surface area contributed by atoms with Gasteiger partial charge in [-0.05, 0) is 43.3 Å². The van der Waals surface area contributed by atoms with Crippen LogP contribution in [-0.2, 0) is 10.0 Å². The molecule has 0 aliphatic carbocycles. The van der Waals surface area contributed by atoms with Gasteiger partial charge in [0.2, 0.25) is 0 Å². The van der Waals surface area contributed by atoms with Crippen molar-refractivity contribution in [1.29, 1.82) is 0 Å². The Morgan fingerprint density at radius 1 is 1.12 bits per heavy atom. The highest BCUT2D eigenvalue weighted by Gasteiger charge is 2.16. The van der Waals surface area contributed by atoms with Gasteiger partial charge in [0.25, 0.3) is 10.0 Å². The summed E-state index contributed by atoms with van der Waals surface area (Å²) < 4.78 is 32.6. The fraction of sp³-hybridized carbons (Fsp3) is 0.125. The van der Waals surface area contributed by atoms with Crippen LogP contribution in [0.3, 0.4) is 0 Å². The van der Waals surface area contributed by atoms with Crippen molar-refractivity contribution in [3.63, 3.8) is 0 Å². The molecule has 1 aromatic carbocycles. The van der Waals surface area contributed by atoms with E-state index in [0.717, 1.165) is 0 Å². The highest BCUT2D eigenvalue weighted by Crippen LogP contribution is 2.25. The number of aromatic nitrogens is 2. The van der Waals surface area contributed by atoms with Crippen LogP contribution in [0.4, 0.5) is 5.13 Å². The lowest BCUT2D eigenvalue weighted by Crippen LogP contribution is -2.12. The highest BCUT2D eigenvalue weighted by atomic mass is 32.2. The van der Waals surface area contributed by atoms with Gasteiger partial charge in [-0.15, -0.1) is 11.3 Å². The van der Waals surface area contributed by atoms with Crippen LogP contribution in [-0.4, -0.2) is 25.0 Å². The summed E-state index contributed by atoms with van der Waals surface area (Å²) in [6, 6.07) is 11.7. The molecule has 0 spiro atoms. The van der Waals surface area contributed by atoms with Gasteiger partial charge in [-0.1, -0.05) is 6.07 Å². The van der Waals surface area contributed by atoms with E-state index in [1.807, 2.05) is 25.1 Å². The van der Waals surface area contributed by atoms with Gasteiger partial charge in [0, 0.05) is 11.6 Å². The molecule has 0 fully saturated rings. The summed E-state index contributed by atoms with van der Waals surface area (Å²) in [5.74, 6) is 0.628. The minimum atomic E-state index is -3.69. The topological polar surface area (TPSA) is 81.2 Å². The Hall–Kier alpha value is -2.45. The Labute approximate surface area is 144 Å². The van der Waals surface area contributed by atoms with Gasteiger partial charge in [0.15, 0.2) is 5.13 Å². The summed E-state index contributed by atoms with van der Waals surface area (Å²) in [5.41, 5.74) is 1.32. The second-order valence-corrected chi connectivity index (χ2v) is 7.30. The van der Waals surface area contributed by atoms with Crippen LogP contribution < -0.4 is 9.46 Å². The summed E-state index contributed by atoms with van der Waals surface area (Å²) >= 11 is 1.21. The van der Waals surface area contributed by atoms with Crippen molar-refractivity contribution in [1.82, 2.24) is 9.97 Å². The average molecular weight is 361 g/mol. The van der Waals surface area contributed by atoms with E-state index in [2.05, 4.69) is 14.7 Å². The molecule has 2 aromatic heterocycles. The van der Waals surface area contributed by atoms with Crippen molar-refractivity contribution in [2.45, 2.75) is 11.8 Å². The Bertz CT molecular complexity index is 907. The van der Waals surface area contributed by atoms with E-state index in [9.17, 15) is 8.42 Å². The quantitative estimate of drug-likeness (QED) is 0.728. The Morgan fingerprint density at radius 3 is 2.58 bits per heavy atom. The zero-order valence-electron chi connectivity index (χ0n) is 12.8. The molecule has 24 heavy (non-hydrogen) atoms. The predicted molar refractivity (Wildman–Crippen MR) is 93.8 cm³/mol. The van der Waals surface area contributed by atoms with E-state index in [-0.39, 0.29) is 4.90 Å². The zero-order valence-corrected chi connectivity index (χ0v) is 14.5. The first-order chi connectivity index (χ1) is 11.6. The molecule has 0 saturated heterocycles. The lowest BCUT2D eigenvalue weighted by atomic mass is 10.3. The molecule has 8 heteroatoms. The number of nitrogens with one attached hydrogen (secondary N) is 1. The third kappa shape index (κ3) is 3.72. The maximum absolute atomic E-state index is 12.4. The molecule has 6 nitrogen and oxygen atoms in total. The average Bonchev–Trinajstić information content (AvgIpc) is 3.04. The maximum Gasteiger partial charge on any atom is 0.263 e. The summed E-state index contributed by atoms with van der Waals surface area (Å²) in [7, 11) is -3.69. The Balaban J connectivity index is 1.78. The second kappa shape index (κ2) is 6.98. The number of rotatable bonds is 6. The number of hydrogen-bond donors (Lipinski definition) is 1. The molecule has 0 amide bonds.